The lowest BCUT2D eigenvalue weighted by atomic mass is 10.0. The quantitative estimate of drug-likeness (QED) is 0.620. The molecule has 0 aromatic rings. The molecular formula is C8H12O3. The predicted octanol–water partition coefficient (Wildman–Crippen LogP) is 1.17. The first-order valence-corrected chi connectivity index (χ1v) is 4.00. The second-order valence-corrected chi connectivity index (χ2v) is 3.82. The van der Waals surface area contributed by atoms with Gasteiger partial charge in [0.2, 0.25) is 0 Å². The van der Waals surface area contributed by atoms with Crippen molar-refractivity contribution < 1.29 is 14.6 Å². The van der Waals surface area contributed by atoms with E-state index < -0.39 is 11.6 Å². The monoisotopic (exact) mass is 156 g/mol. The van der Waals surface area contributed by atoms with Crippen LogP contribution in [0.1, 0.15) is 32.6 Å². The van der Waals surface area contributed by atoms with E-state index in [2.05, 4.69) is 0 Å². The second kappa shape index (κ2) is 1.78. The van der Waals surface area contributed by atoms with Gasteiger partial charge in [-0.1, -0.05) is 0 Å². The number of carbonyl (C=O) groups is 1. The van der Waals surface area contributed by atoms with Crippen molar-refractivity contribution in [3.05, 3.63) is 0 Å². The van der Waals surface area contributed by atoms with Gasteiger partial charge >= 0.3 is 5.97 Å². The molecule has 1 N–H and O–H groups in total. The topological polar surface area (TPSA) is 46.5 Å². The standard InChI is InChI=1S/C8H12O3/c1-7(6(9)10)2-3-8(11-7)4-5-8/h2-5H2,1H3,(H,9,10)/t7-/m0/s1. The molecule has 0 aromatic carbocycles. The Morgan fingerprint density at radius 3 is 2.18 bits per heavy atom. The van der Waals surface area contributed by atoms with Gasteiger partial charge in [-0.05, 0) is 32.6 Å². The molecule has 2 fully saturated rings. The molecule has 1 aliphatic heterocycles. The number of carboxylic acid groups (broad SMARTS) is 1. The van der Waals surface area contributed by atoms with Crippen LogP contribution in [-0.4, -0.2) is 22.3 Å². The summed E-state index contributed by atoms with van der Waals surface area (Å²) in [5, 5.41) is 8.81. The van der Waals surface area contributed by atoms with E-state index in [1.807, 2.05) is 0 Å². The van der Waals surface area contributed by atoms with Crippen molar-refractivity contribution in [1.82, 2.24) is 0 Å². The van der Waals surface area contributed by atoms with Crippen LogP contribution in [0.2, 0.25) is 0 Å². The van der Waals surface area contributed by atoms with Crippen LogP contribution in [0.5, 0.6) is 0 Å². The molecule has 0 radical (unpaired) electrons. The fraction of sp³-hybridized carbons (Fsp3) is 0.875. The average Bonchev–Trinajstić information content (AvgIpc) is 2.55. The molecule has 3 nitrogen and oxygen atoms in total. The minimum Gasteiger partial charge on any atom is -0.479 e. The van der Waals surface area contributed by atoms with Crippen LogP contribution >= 0.6 is 0 Å². The minimum absolute atomic E-state index is 0.0207. The molecule has 1 spiro atoms. The van der Waals surface area contributed by atoms with Gasteiger partial charge in [0.15, 0.2) is 5.60 Å². The molecule has 2 rings (SSSR count). The van der Waals surface area contributed by atoms with Crippen molar-refractivity contribution in [2.75, 3.05) is 0 Å². The maximum Gasteiger partial charge on any atom is 0.335 e. The van der Waals surface area contributed by atoms with E-state index in [4.69, 9.17) is 9.84 Å². The number of rotatable bonds is 1. The highest BCUT2D eigenvalue weighted by molar-refractivity contribution is 5.77. The van der Waals surface area contributed by atoms with E-state index in [0.29, 0.717) is 6.42 Å². The molecule has 0 aromatic heterocycles. The molecule has 11 heavy (non-hydrogen) atoms. The van der Waals surface area contributed by atoms with Crippen LogP contribution in [0.3, 0.4) is 0 Å². The summed E-state index contributed by atoms with van der Waals surface area (Å²) in [6.07, 6.45) is 3.70. The van der Waals surface area contributed by atoms with E-state index in [1.54, 1.807) is 6.92 Å². The fourth-order valence-electron chi connectivity index (χ4n) is 1.69. The van der Waals surface area contributed by atoms with Gasteiger partial charge in [0, 0.05) is 0 Å². The third kappa shape index (κ3) is 0.948. The van der Waals surface area contributed by atoms with Gasteiger partial charge in [-0.15, -0.1) is 0 Å². The summed E-state index contributed by atoms with van der Waals surface area (Å²) in [7, 11) is 0. The maximum absolute atomic E-state index is 10.7. The largest absolute Gasteiger partial charge is 0.479 e. The fourth-order valence-corrected chi connectivity index (χ4v) is 1.69. The van der Waals surface area contributed by atoms with Crippen LogP contribution < -0.4 is 0 Å². The first kappa shape index (κ1) is 7.10. The van der Waals surface area contributed by atoms with Gasteiger partial charge in [-0.25, -0.2) is 4.79 Å². The number of hydrogen-bond donors (Lipinski definition) is 1. The van der Waals surface area contributed by atoms with Crippen LogP contribution in [0.25, 0.3) is 0 Å². The van der Waals surface area contributed by atoms with Gasteiger partial charge in [0.05, 0.1) is 5.60 Å². The van der Waals surface area contributed by atoms with Gasteiger partial charge in [0.25, 0.3) is 0 Å². The highest BCUT2D eigenvalue weighted by atomic mass is 16.6. The maximum atomic E-state index is 10.7. The Kier molecular flexibility index (Phi) is 1.15. The summed E-state index contributed by atoms with van der Waals surface area (Å²) in [6.45, 7) is 1.67. The zero-order valence-electron chi connectivity index (χ0n) is 6.59. The Labute approximate surface area is 65.4 Å². The summed E-state index contributed by atoms with van der Waals surface area (Å²) < 4.78 is 5.51. The zero-order valence-corrected chi connectivity index (χ0v) is 6.59. The molecule has 62 valence electrons. The molecule has 2 aliphatic rings. The molecule has 1 atom stereocenters. The van der Waals surface area contributed by atoms with Gasteiger partial charge in [-0.2, -0.15) is 0 Å². The van der Waals surface area contributed by atoms with Crippen molar-refractivity contribution in [1.29, 1.82) is 0 Å². The number of aliphatic carboxylic acids is 1. The number of carboxylic acids is 1. The molecule has 3 heteroatoms. The average molecular weight is 156 g/mol. The van der Waals surface area contributed by atoms with Crippen molar-refractivity contribution in [3.63, 3.8) is 0 Å². The van der Waals surface area contributed by atoms with Gasteiger partial charge in [-0.3, -0.25) is 0 Å². The van der Waals surface area contributed by atoms with Gasteiger partial charge in [0.1, 0.15) is 0 Å². The number of ether oxygens (including phenoxy) is 1. The molecule has 1 saturated carbocycles. The van der Waals surface area contributed by atoms with Crippen molar-refractivity contribution in [2.24, 2.45) is 0 Å². The molecule has 0 bridgehead atoms. The summed E-state index contributed by atoms with van der Waals surface area (Å²) in [5.41, 5.74) is -0.913. The van der Waals surface area contributed by atoms with Crippen molar-refractivity contribution in [2.45, 2.75) is 43.8 Å². The Hall–Kier alpha value is -0.570. The van der Waals surface area contributed by atoms with E-state index in [1.165, 1.54) is 0 Å². The molecule has 1 saturated heterocycles. The summed E-state index contributed by atoms with van der Waals surface area (Å²) in [6, 6.07) is 0. The molecule has 1 heterocycles. The summed E-state index contributed by atoms with van der Waals surface area (Å²) in [5.74, 6) is -0.818. The Bertz CT molecular complexity index is 207. The molecule has 0 amide bonds. The van der Waals surface area contributed by atoms with Gasteiger partial charge < -0.3 is 9.84 Å². The minimum atomic E-state index is -0.892. The van der Waals surface area contributed by atoms with Crippen molar-refractivity contribution in [3.8, 4) is 0 Å². The highest BCUT2D eigenvalue weighted by Crippen LogP contribution is 2.53. The second-order valence-electron chi connectivity index (χ2n) is 3.82. The first-order valence-electron chi connectivity index (χ1n) is 4.00. The Balaban J connectivity index is 2.13. The predicted molar refractivity (Wildman–Crippen MR) is 38.3 cm³/mol. The van der Waals surface area contributed by atoms with Crippen LogP contribution in [0.4, 0.5) is 0 Å². The lowest BCUT2D eigenvalue weighted by Crippen LogP contribution is -2.35. The summed E-state index contributed by atoms with van der Waals surface area (Å²) >= 11 is 0. The van der Waals surface area contributed by atoms with E-state index >= 15 is 0 Å². The lowest BCUT2D eigenvalue weighted by Gasteiger charge is -2.18. The Morgan fingerprint density at radius 2 is 1.91 bits per heavy atom. The third-order valence-electron chi connectivity index (χ3n) is 2.76. The normalized spacial score (nSPS) is 39.4. The number of hydrogen-bond acceptors (Lipinski definition) is 2. The smallest absolute Gasteiger partial charge is 0.335 e. The molecular weight excluding hydrogens is 144 g/mol. The summed E-state index contributed by atoms with van der Waals surface area (Å²) in [4.78, 5) is 10.7. The van der Waals surface area contributed by atoms with Crippen LogP contribution in [0.15, 0.2) is 0 Å². The van der Waals surface area contributed by atoms with E-state index in [9.17, 15) is 4.79 Å². The highest BCUT2D eigenvalue weighted by Gasteiger charge is 2.57. The van der Waals surface area contributed by atoms with E-state index in [-0.39, 0.29) is 5.60 Å². The van der Waals surface area contributed by atoms with E-state index in [0.717, 1.165) is 19.3 Å². The third-order valence-corrected chi connectivity index (χ3v) is 2.76. The lowest BCUT2D eigenvalue weighted by molar-refractivity contribution is -0.163. The SMILES string of the molecule is C[C@@]1(C(=O)O)CCC2(CC2)O1. The Morgan fingerprint density at radius 1 is 1.36 bits per heavy atom. The molecule has 0 unspecified atom stereocenters. The van der Waals surface area contributed by atoms with Crippen molar-refractivity contribution >= 4 is 5.97 Å². The van der Waals surface area contributed by atoms with Crippen LogP contribution in [-0.2, 0) is 9.53 Å². The first-order chi connectivity index (χ1) is 5.06. The molecule has 1 aliphatic carbocycles. The zero-order chi connectivity index (χ0) is 8.11. The van der Waals surface area contributed by atoms with Crippen LogP contribution in [0, 0.1) is 0 Å².